The Morgan fingerprint density at radius 1 is 1.23 bits per heavy atom. The van der Waals surface area contributed by atoms with Crippen molar-refractivity contribution < 1.29 is 23.8 Å². The average molecular weight is 376 g/mol. The number of rotatable bonds is 3. The van der Waals surface area contributed by atoms with Gasteiger partial charge < -0.3 is 18.8 Å². The summed E-state index contributed by atoms with van der Waals surface area (Å²) in [4.78, 5) is 29.3. The SMILES string of the molecule is COC(=O)Cn1c(=NC(=O)C2CCCC2)sc2cc3c(cc21)OCCO3. The first kappa shape index (κ1) is 17.1. The summed E-state index contributed by atoms with van der Waals surface area (Å²) in [5.41, 5.74) is 0.780. The minimum absolute atomic E-state index is 0.00702. The van der Waals surface area contributed by atoms with Crippen LogP contribution in [0.25, 0.3) is 10.2 Å². The lowest BCUT2D eigenvalue weighted by atomic mass is 10.1. The second-order valence-electron chi connectivity index (χ2n) is 6.44. The molecule has 2 heterocycles. The summed E-state index contributed by atoms with van der Waals surface area (Å²) in [5.74, 6) is 0.795. The lowest BCUT2D eigenvalue weighted by Gasteiger charge is -2.18. The van der Waals surface area contributed by atoms with Crippen molar-refractivity contribution in [3.05, 3.63) is 16.9 Å². The van der Waals surface area contributed by atoms with Gasteiger partial charge in [0.05, 0.1) is 17.3 Å². The van der Waals surface area contributed by atoms with Crippen LogP contribution in [0, 0.1) is 5.92 Å². The quantitative estimate of drug-likeness (QED) is 0.768. The molecular weight excluding hydrogens is 356 g/mol. The molecule has 26 heavy (non-hydrogen) atoms. The number of carbonyl (C=O) groups excluding carboxylic acids is 2. The van der Waals surface area contributed by atoms with E-state index in [1.807, 2.05) is 12.1 Å². The summed E-state index contributed by atoms with van der Waals surface area (Å²) in [7, 11) is 1.34. The van der Waals surface area contributed by atoms with Crippen LogP contribution >= 0.6 is 11.3 Å². The number of nitrogens with zero attached hydrogens (tertiary/aromatic N) is 2. The number of fused-ring (bicyclic) bond motifs is 2. The van der Waals surface area contributed by atoms with Crippen molar-refractivity contribution in [2.75, 3.05) is 20.3 Å². The van der Waals surface area contributed by atoms with Crippen LogP contribution in [0.5, 0.6) is 11.5 Å². The van der Waals surface area contributed by atoms with Gasteiger partial charge in [-0.05, 0) is 12.8 Å². The van der Waals surface area contributed by atoms with Crippen molar-refractivity contribution in [1.29, 1.82) is 0 Å². The van der Waals surface area contributed by atoms with Crippen molar-refractivity contribution >= 4 is 33.4 Å². The van der Waals surface area contributed by atoms with Crippen molar-refractivity contribution in [2.24, 2.45) is 10.9 Å². The normalized spacial score (nSPS) is 17.7. The number of hydrogen-bond acceptors (Lipinski definition) is 6. The maximum atomic E-state index is 12.5. The van der Waals surface area contributed by atoms with Crippen LogP contribution in [0.4, 0.5) is 0 Å². The van der Waals surface area contributed by atoms with Gasteiger partial charge in [-0.2, -0.15) is 4.99 Å². The highest BCUT2D eigenvalue weighted by molar-refractivity contribution is 7.16. The van der Waals surface area contributed by atoms with Gasteiger partial charge in [0, 0.05) is 18.1 Å². The molecule has 0 radical (unpaired) electrons. The summed E-state index contributed by atoms with van der Waals surface area (Å²) < 4.78 is 18.7. The Labute approximate surface area is 154 Å². The first-order valence-corrected chi connectivity index (χ1v) is 9.56. The van der Waals surface area contributed by atoms with Crippen molar-refractivity contribution in [1.82, 2.24) is 4.57 Å². The molecular formula is C18H20N2O5S. The standard InChI is InChI=1S/C18H20N2O5S/c1-23-16(21)10-20-12-8-13-14(25-7-6-24-13)9-15(12)26-18(20)19-17(22)11-4-2-3-5-11/h8-9,11H,2-7,10H2,1H3. The van der Waals surface area contributed by atoms with Gasteiger partial charge in [0.25, 0.3) is 5.91 Å². The van der Waals surface area contributed by atoms with Crippen molar-refractivity contribution in [3.8, 4) is 11.5 Å². The van der Waals surface area contributed by atoms with Gasteiger partial charge >= 0.3 is 5.97 Å². The smallest absolute Gasteiger partial charge is 0.325 e. The van der Waals surface area contributed by atoms with Crippen LogP contribution in [0.15, 0.2) is 17.1 Å². The number of ether oxygens (including phenoxy) is 3. The molecule has 7 nitrogen and oxygen atoms in total. The summed E-state index contributed by atoms with van der Waals surface area (Å²) in [6, 6.07) is 3.71. The molecule has 8 heteroatoms. The van der Waals surface area contributed by atoms with Gasteiger partial charge in [0.15, 0.2) is 16.3 Å². The summed E-state index contributed by atoms with van der Waals surface area (Å²) in [5, 5.41) is 0. The maximum absolute atomic E-state index is 12.5. The first-order valence-electron chi connectivity index (χ1n) is 8.74. The topological polar surface area (TPSA) is 79.1 Å². The van der Waals surface area contributed by atoms with Crippen LogP contribution in [0.2, 0.25) is 0 Å². The number of benzene rings is 1. The third-order valence-electron chi connectivity index (χ3n) is 4.77. The van der Waals surface area contributed by atoms with Gasteiger partial charge in [-0.25, -0.2) is 0 Å². The fraction of sp³-hybridized carbons (Fsp3) is 0.500. The fourth-order valence-electron chi connectivity index (χ4n) is 3.40. The van der Waals surface area contributed by atoms with E-state index in [0.717, 1.165) is 35.9 Å². The van der Waals surface area contributed by atoms with E-state index in [0.29, 0.717) is 29.5 Å². The van der Waals surface area contributed by atoms with Crippen molar-refractivity contribution in [3.63, 3.8) is 0 Å². The second-order valence-corrected chi connectivity index (χ2v) is 7.45. The molecule has 1 aliphatic heterocycles. The largest absolute Gasteiger partial charge is 0.486 e. The van der Waals surface area contributed by atoms with E-state index in [1.54, 1.807) is 4.57 Å². The van der Waals surface area contributed by atoms with Gasteiger partial charge in [-0.1, -0.05) is 24.2 Å². The molecule has 1 aliphatic carbocycles. The molecule has 0 unspecified atom stereocenters. The van der Waals surface area contributed by atoms with Crippen LogP contribution in [-0.2, 0) is 20.9 Å². The van der Waals surface area contributed by atoms with Gasteiger partial charge in [0.2, 0.25) is 0 Å². The third kappa shape index (κ3) is 3.21. The molecule has 0 bridgehead atoms. The molecule has 1 aromatic carbocycles. The van der Waals surface area contributed by atoms with Crippen LogP contribution in [0.1, 0.15) is 25.7 Å². The van der Waals surface area contributed by atoms with Gasteiger partial charge in [-0.15, -0.1) is 0 Å². The molecule has 0 spiro atoms. The van der Waals surface area contributed by atoms with E-state index in [9.17, 15) is 9.59 Å². The highest BCUT2D eigenvalue weighted by Gasteiger charge is 2.23. The maximum Gasteiger partial charge on any atom is 0.325 e. The molecule has 2 aromatic rings. The minimum Gasteiger partial charge on any atom is -0.486 e. The second kappa shape index (κ2) is 7.11. The number of esters is 1. The number of methoxy groups -OCH3 is 1. The lowest BCUT2D eigenvalue weighted by Crippen LogP contribution is -2.23. The molecule has 1 aromatic heterocycles. The summed E-state index contributed by atoms with van der Waals surface area (Å²) in [6.45, 7) is 0.980. The molecule has 1 amide bonds. The molecule has 4 rings (SSSR count). The summed E-state index contributed by atoms with van der Waals surface area (Å²) >= 11 is 1.37. The highest BCUT2D eigenvalue weighted by Crippen LogP contribution is 2.35. The predicted octanol–water partition coefficient (Wildman–Crippen LogP) is 2.26. The Kier molecular flexibility index (Phi) is 4.67. The molecule has 1 fully saturated rings. The molecule has 138 valence electrons. The molecule has 1 saturated carbocycles. The number of hydrogen-bond donors (Lipinski definition) is 0. The Hall–Kier alpha value is -2.35. The Morgan fingerprint density at radius 3 is 2.62 bits per heavy atom. The summed E-state index contributed by atoms with van der Waals surface area (Å²) in [6.07, 6.45) is 3.92. The Bertz CT molecular complexity index is 924. The Balaban J connectivity index is 1.83. The van der Waals surface area contributed by atoms with Gasteiger partial charge in [-0.3, -0.25) is 9.59 Å². The molecule has 0 saturated heterocycles. The molecule has 0 atom stereocenters. The number of aromatic nitrogens is 1. The minimum atomic E-state index is -0.394. The molecule has 2 aliphatic rings. The Morgan fingerprint density at radius 2 is 1.92 bits per heavy atom. The molecule has 0 N–H and O–H groups in total. The van der Waals surface area contributed by atoms with Crippen LogP contribution in [0.3, 0.4) is 0 Å². The van der Waals surface area contributed by atoms with E-state index in [-0.39, 0.29) is 18.4 Å². The van der Waals surface area contributed by atoms with E-state index >= 15 is 0 Å². The van der Waals surface area contributed by atoms with Gasteiger partial charge in [0.1, 0.15) is 19.8 Å². The fourth-order valence-corrected chi connectivity index (χ4v) is 4.44. The van der Waals surface area contributed by atoms with E-state index < -0.39 is 5.97 Å². The monoisotopic (exact) mass is 376 g/mol. The van der Waals surface area contributed by atoms with E-state index in [4.69, 9.17) is 14.2 Å². The number of carbonyl (C=O) groups is 2. The number of amides is 1. The van der Waals surface area contributed by atoms with E-state index in [2.05, 4.69) is 4.99 Å². The van der Waals surface area contributed by atoms with E-state index in [1.165, 1.54) is 18.4 Å². The zero-order chi connectivity index (χ0) is 18.1. The highest BCUT2D eigenvalue weighted by atomic mass is 32.1. The van der Waals surface area contributed by atoms with Crippen molar-refractivity contribution in [2.45, 2.75) is 32.2 Å². The van der Waals surface area contributed by atoms with Crippen LogP contribution < -0.4 is 14.3 Å². The zero-order valence-electron chi connectivity index (χ0n) is 14.5. The van der Waals surface area contributed by atoms with Crippen LogP contribution in [-0.4, -0.2) is 36.8 Å². The first-order chi connectivity index (χ1) is 12.7. The third-order valence-corrected chi connectivity index (χ3v) is 5.81. The average Bonchev–Trinajstić information content (AvgIpc) is 3.29. The zero-order valence-corrected chi connectivity index (χ0v) is 15.3. The lowest BCUT2D eigenvalue weighted by molar-refractivity contribution is -0.141. The number of thiazole rings is 1. The predicted molar refractivity (Wildman–Crippen MR) is 95.3 cm³/mol.